The van der Waals surface area contributed by atoms with Crippen LogP contribution in [0.2, 0.25) is 5.02 Å². The van der Waals surface area contributed by atoms with Crippen LogP contribution in [0.1, 0.15) is 19.4 Å². The molecule has 2 aromatic rings. The van der Waals surface area contributed by atoms with E-state index in [1.165, 1.54) is 12.3 Å². The zero-order valence-electron chi connectivity index (χ0n) is 10.9. The fraction of sp³-hybridized carbons (Fsp3) is 0.231. The van der Waals surface area contributed by atoms with Crippen molar-refractivity contribution in [2.24, 2.45) is 0 Å². The van der Waals surface area contributed by atoms with Crippen LogP contribution in [0.5, 0.6) is 5.75 Å². The van der Waals surface area contributed by atoms with Crippen molar-refractivity contribution in [1.29, 1.82) is 5.26 Å². The summed E-state index contributed by atoms with van der Waals surface area (Å²) in [7, 11) is 0. The third kappa shape index (κ3) is 2.53. The molecule has 0 bridgehead atoms. The Bertz CT molecular complexity index is 690. The maximum absolute atomic E-state index is 14.0. The summed E-state index contributed by atoms with van der Waals surface area (Å²) in [6.45, 7) is 3.66. The summed E-state index contributed by atoms with van der Waals surface area (Å²) >= 11 is 5.93. The van der Waals surface area contributed by atoms with Crippen molar-refractivity contribution in [3.63, 3.8) is 0 Å². The van der Waals surface area contributed by atoms with E-state index in [0.717, 1.165) is 10.7 Å². The van der Waals surface area contributed by atoms with Crippen LogP contribution in [-0.2, 0) is 0 Å². The van der Waals surface area contributed by atoms with Gasteiger partial charge in [0.05, 0.1) is 17.3 Å². The number of nitrogens with zero attached hydrogens (tertiary/aromatic N) is 3. The van der Waals surface area contributed by atoms with Crippen LogP contribution in [0.4, 0.5) is 10.2 Å². The first-order chi connectivity index (χ1) is 9.43. The maximum Gasteiger partial charge on any atom is 0.150 e. The smallest absolute Gasteiger partial charge is 0.150 e. The molecule has 0 saturated heterocycles. The summed E-state index contributed by atoms with van der Waals surface area (Å²) in [6, 6.07) is 4.41. The molecule has 0 atom stereocenters. The van der Waals surface area contributed by atoms with Crippen LogP contribution in [0, 0.1) is 17.1 Å². The van der Waals surface area contributed by atoms with E-state index in [1.54, 1.807) is 0 Å². The van der Waals surface area contributed by atoms with Crippen molar-refractivity contribution in [2.45, 2.75) is 20.0 Å². The van der Waals surface area contributed by atoms with Crippen LogP contribution in [0.15, 0.2) is 18.3 Å². The Balaban J connectivity index is 2.56. The van der Waals surface area contributed by atoms with Gasteiger partial charge in [-0.3, -0.25) is 0 Å². The van der Waals surface area contributed by atoms with Gasteiger partial charge in [0.25, 0.3) is 0 Å². The van der Waals surface area contributed by atoms with Gasteiger partial charge in [-0.25, -0.2) is 9.07 Å². The number of hydrogen-bond acceptors (Lipinski definition) is 4. The molecule has 0 spiro atoms. The second-order valence-electron chi connectivity index (χ2n) is 4.37. The third-order valence-electron chi connectivity index (χ3n) is 2.52. The number of hydrogen-bond donors (Lipinski definition) is 1. The number of nitriles is 1. The second-order valence-corrected chi connectivity index (χ2v) is 4.77. The number of rotatable bonds is 3. The van der Waals surface area contributed by atoms with Gasteiger partial charge in [-0.15, -0.1) is 0 Å². The highest BCUT2D eigenvalue weighted by atomic mass is 35.5. The highest BCUT2D eigenvalue weighted by Crippen LogP contribution is 2.31. The van der Waals surface area contributed by atoms with Crippen molar-refractivity contribution in [3.8, 4) is 17.5 Å². The average Bonchev–Trinajstić information content (AvgIpc) is 2.73. The molecule has 0 unspecified atom stereocenters. The highest BCUT2D eigenvalue weighted by Gasteiger charge is 2.16. The minimum atomic E-state index is -0.606. The molecule has 1 aromatic carbocycles. The Labute approximate surface area is 120 Å². The molecule has 1 aromatic heterocycles. The number of halogens is 2. The molecule has 7 heteroatoms. The largest absolute Gasteiger partial charge is 0.489 e. The summed E-state index contributed by atoms with van der Waals surface area (Å²) in [6.07, 6.45) is 1.15. The quantitative estimate of drug-likeness (QED) is 0.944. The van der Waals surface area contributed by atoms with Gasteiger partial charge in [-0.2, -0.15) is 10.4 Å². The first-order valence-corrected chi connectivity index (χ1v) is 6.21. The standard InChI is InChI=1S/C13H12ClFN4O/c1-7(2)20-12-4-11(10(15)3-9(12)14)19-13(17)8(5-16)6-18-19/h3-4,6-7H,17H2,1-2H3. The summed E-state index contributed by atoms with van der Waals surface area (Å²) in [5.41, 5.74) is 5.99. The molecule has 104 valence electrons. The van der Waals surface area contributed by atoms with Gasteiger partial charge in [0.1, 0.15) is 28.9 Å². The van der Waals surface area contributed by atoms with Gasteiger partial charge >= 0.3 is 0 Å². The van der Waals surface area contributed by atoms with Crippen LogP contribution >= 0.6 is 11.6 Å². The summed E-state index contributed by atoms with van der Waals surface area (Å²) in [5.74, 6) is -0.221. The average molecular weight is 295 g/mol. The van der Waals surface area contributed by atoms with Gasteiger partial charge in [-0.1, -0.05) is 11.6 Å². The molecule has 2 rings (SSSR count). The molecule has 0 radical (unpaired) electrons. The summed E-state index contributed by atoms with van der Waals surface area (Å²) < 4.78 is 20.6. The molecular weight excluding hydrogens is 283 g/mol. The number of nitrogen functional groups attached to an aromatic ring is 1. The molecule has 0 aliphatic heterocycles. The van der Waals surface area contributed by atoms with E-state index in [-0.39, 0.29) is 28.2 Å². The fourth-order valence-corrected chi connectivity index (χ4v) is 1.86. The van der Waals surface area contributed by atoms with Crippen molar-refractivity contribution in [3.05, 3.63) is 34.7 Å². The Kier molecular flexibility index (Phi) is 3.81. The normalized spacial score (nSPS) is 10.6. The zero-order chi connectivity index (χ0) is 14.9. The van der Waals surface area contributed by atoms with Crippen molar-refractivity contribution < 1.29 is 9.13 Å². The van der Waals surface area contributed by atoms with Crippen molar-refractivity contribution in [2.75, 3.05) is 5.73 Å². The van der Waals surface area contributed by atoms with E-state index in [0.29, 0.717) is 5.75 Å². The van der Waals surface area contributed by atoms with Gasteiger partial charge in [0.15, 0.2) is 5.82 Å². The number of benzene rings is 1. The predicted octanol–water partition coefficient (Wildman–Crippen LogP) is 2.91. The van der Waals surface area contributed by atoms with E-state index < -0.39 is 5.82 Å². The molecule has 1 heterocycles. The lowest BCUT2D eigenvalue weighted by atomic mass is 10.2. The number of ether oxygens (including phenoxy) is 1. The Morgan fingerprint density at radius 1 is 1.50 bits per heavy atom. The fourth-order valence-electron chi connectivity index (χ4n) is 1.66. The third-order valence-corrected chi connectivity index (χ3v) is 2.81. The van der Waals surface area contributed by atoms with E-state index in [4.69, 9.17) is 27.3 Å². The first kappa shape index (κ1) is 14.2. The minimum Gasteiger partial charge on any atom is -0.489 e. The second kappa shape index (κ2) is 5.39. The lowest BCUT2D eigenvalue weighted by Crippen LogP contribution is -2.09. The zero-order valence-corrected chi connectivity index (χ0v) is 11.6. The predicted molar refractivity (Wildman–Crippen MR) is 73.4 cm³/mol. The first-order valence-electron chi connectivity index (χ1n) is 5.83. The number of anilines is 1. The van der Waals surface area contributed by atoms with Crippen molar-refractivity contribution >= 4 is 17.4 Å². The van der Waals surface area contributed by atoms with Crippen LogP contribution in [-0.4, -0.2) is 15.9 Å². The van der Waals surface area contributed by atoms with Gasteiger partial charge in [0, 0.05) is 6.07 Å². The van der Waals surface area contributed by atoms with E-state index in [9.17, 15) is 4.39 Å². The Hall–Kier alpha value is -2.26. The molecule has 0 saturated carbocycles. The van der Waals surface area contributed by atoms with E-state index >= 15 is 0 Å². The molecule has 0 aliphatic carbocycles. The van der Waals surface area contributed by atoms with Crippen molar-refractivity contribution in [1.82, 2.24) is 9.78 Å². The van der Waals surface area contributed by atoms with Gasteiger partial charge in [-0.05, 0) is 19.9 Å². The molecule has 0 fully saturated rings. The Morgan fingerprint density at radius 3 is 2.75 bits per heavy atom. The number of nitrogens with two attached hydrogens (primary N) is 1. The van der Waals surface area contributed by atoms with E-state index in [2.05, 4.69) is 5.10 Å². The molecule has 0 aliphatic rings. The molecule has 20 heavy (non-hydrogen) atoms. The molecule has 0 amide bonds. The maximum atomic E-state index is 14.0. The topological polar surface area (TPSA) is 76.9 Å². The Morgan fingerprint density at radius 2 is 2.20 bits per heavy atom. The molecule has 5 nitrogen and oxygen atoms in total. The van der Waals surface area contributed by atoms with Crippen LogP contribution < -0.4 is 10.5 Å². The van der Waals surface area contributed by atoms with Gasteiger partial charge in [0.2, 0.25) is 0 Å². The highest BCUT2D eigenvalue weighted by molar-refractivity contribution is 6.32. The molecule has 2 N–H and O–H groups in total. The van der Waals surface area contributed by atoms with Gasteiger partial charge < -0.3 is 10.5 Å². The van der Waals surface area contributed by atoms with Crippen LogP contribution in [0.25, 0.3) is 5.69 Å². The monoisotopic (exact) mass is 294 g/mol. The summed E-state index contributed by atoms with van der Waals surface area (Å²) in [5, 5.41) is 12.9. The van der Waals surface area contributed by atoms with Crippen LogP contribution in [0.3, 0.4) is 0 Å². The summed E-state index contributed by atoms with van der Waals surface area (Å²) in [4.78, 5) is 0. The minimum absolute atomic E-state index is 0.0595. The lowest BCUT2D eigenvalue weighted by molar-refractivity contribution is 0.242. The number of aromatic nitrogens is 2. The molecular formula is C13H12ClFN4O. The van der Waals surface area contributed by atoms with E-state index in [1.807, 2.05) is 19.9 Å². The lowest BCUT2D eigenvalue weighted by Gasteiger charge is -2.14. The SMILES string of the molecule is CC(C)Oc1cc(-n2ncc(C#N)c2N)c(F)cc1Cl.